The number of amides is 1. The Bertz CT molecular complexity index is 1230. The number of carbonyl (C=O) groups excluding carboxylic acids is 2. The lowest BCUT2D eigenvalue weighted by Gasteiger charge is -2.12. The van der Waals surface area contributed by atoms with Crippen LogP contribution >= 0.6 is 20.2 Å². The van der Waals surface area contributed by atoms with Gasteiger partial charge in [0.15, 0.2) is 6.61 Å². The fraction of sp³-hybridized carbons (Fsp3) is 0.273. The third-order valence-corrected chi connectivity index (χ3v) is 6.08. The number of nitrogens with zero attached hydrogens (tertiary/aromatic N) is 2. The highest BCUT2D eigenvalue weighted by atomic mass is 35.5. The van der Waals surface area contributed by atoms with Crippen LogP contribution in [0.3, 0.4) is 0 Å². The number of hydrogen-bond donors (Lipinski definition) is 2. The largest absolute Gasteiger partial charge is 0.484 e. The fourth-order valence-corrected chi connectivity index (χ4v) is 3.96. The molecule has 0 aliphatic carbocycles. The van der Waals surface area contributed by atoms with Crippen LogP contribution in [0.5, 0.6) is 5.75 Å². The molecule has 0 fully saturated rings. The van der Waals surface area contributed by atoms with Gasteiger partial charge in [0.05, 0.1) is 33.9 Å². The molecule has 2 N–H and O–H groups in total. The van der Waals surface area contributed by atoms with Gasteiger partial charge in [0.1, 0.15) is 17.3 Å². The zero-order chi connectivity index (χ0) is 25.6. The predicted octanol–water partition coefficient (Wildman–Crippen LogP) is 4.21. The zero-order valence-electron chi connectivity index (χ0n) is 17.9. The number of alkyl halides is 3. The molecule has 3 rings (SSSR count). The Kier molecular flexibility index (Phi) is 8.93. The average Bonchev–Trinajstić information content (AvgIpc) is 2.82. The monoisotopic (exact) mass is 531 g/mol. The number of carbonyl (C=O) groups is 2. The van der Waals surface area contributed by atoms with E-state index in [9.17, 15) is 32.3 Å². The second-order valence-corrected chi connectivity index (χ2v) is 9.04. The molecule has 1 aromatic heterocycles. The van der Waals surface area contributed by atoms with Crippen molar-refractivity contribution in [1.82, 2.24) is 15.3 Å². The number of ether oxygens (including phenoxy) is 1. The first kappa shape index (κ1) is 26.7. The predicted molar refractivity (Wildman–Crippen MR) is 123 cm³/mol. The molecule has 1 heterocycles. The van der Waals surface area contributed by atoms with Crippen molar-refractivity contribution >= 4 is 42.6 Å². The minimum Gasteiger partial charge on any atom is -0.484 e. The van der Waals surface area contributed by atoms with Gasteiger partial charge in [0.2, 0.25) is 5.52 Å². The fourth-order valence-electron chi connectivity index (χ4n) is 2.84. The summed E-state index contributed by atoms with van der Waals surface area (Å²) in [5.74, 6) is -1.08. The first-order valence-electron chi connectivity index (χ1n) is 10.2. The highest BCUT2D eigenvalue weighted by Crippen LogP contribution is 2.31. The van der Waals surface area contributed by atoms with Gasteiger partial charge in [-0.15, -0.1) is 0 Å². The summed E-state index contributed by atoms with van der Waals surface area (Å²) in [7, 11) is -0.251. The second-order valence-electron chi connectivity index (χ2n) is 7.32. The van der Waals surface area contributed by atoms with Crippen molar-refractivity contribution in [3.05, 3.63) is 64.7 Å². The summed E-state index contributed by atoms with van der Waals surface area (Å²) < 4.78 is 56.9. The number of aliphatic hydroxyl groups is 1. The van der Waals surface area contributed by atoms with Crippen LogP contribution in [-0.4, -0.2) is 51.9 Å². The van der Waals surface area contributed by atoms with E-state index in [-0.39, 0.29) is 61.2 Å². The standard InChI is InChI=1S/C22H19ClF4N3O4P/c23-15-3-2-14(8-16(15)24)34-11-20(32)29-9-13(31)5-6-35-21(33)19-10-28-18-7-12(22(25,26)27)1-4-17(18)30-19/h1-4,7-8,10,13,31,35H,5-6,9,11H2,(H,29,32)/t13-/m0/s1. The lowest BCUT2D eigenvalue weighted by atomic mass is 10.2. The Morgan fingerprint density at radius 1 is 1.17 bits per heavy atom. The molecule has 2 atom stereocenters. The number of benzene rings is 2. The van der Waals surface area contributed by atoms with Crippen molar-refractivity contribution in [1.29, 1.82) is 0 Å². The number of hydrogen-bond acceptors (Lipinski definition) is 6. The van der Waals surface area contributed by atoms with Crippen molar-refractivity contribution in [3.8, 4) is 5.75 Å². The van der Waals surface area contributed by atoms with Crippen LogP contribution in [0.4, 0.5) is 17.6 Å². The van der Waals surface area contributed by atoms with E-state index in [2.05, 4.69) is 15.3 Å². The van der Waals surface area contributed by atoms with Gasteiger partial charge in [-0.25, -0.2) is 9.37 Å². The molecule has 1 unspecified atom stereocenters. The van der Waals surface area contributed by atoms with Crippen LogP contribution in [0.2, 0.25) is 5.02 Å². The van der Waals surface area contributed by atoms with Crippen molar-refractivity contribution in [2.45, 2.75) is 18.7 Å². The van der Waals surface area contributed by atoms with Crippen LogP contribution in [-0.2, 0) is 11.0 Å². The number of aliphatic hydroxyl groups excluding tert-OH is 1. The topological polar surface area (TPSA) is 101 Å². The van der Waals surface area contributed by atoms with E-state index in [1.165, 1.54) is 12.1 Å². The average molecular weight is 532 g/mol. The van der Waals surface area contributed by atoms with Gasteiger partial charge in [-0.2, -0.15) is 13.2 Å². The van der Waals surface area contributed by atoms with E-state index in [1.807, 2.05) is 0 Å². The second kappa shape index (κ2) is 11.7. The third-order valence-electron chi connectivity index (χ3n) is 4.66. The smallest absolute Gasteiger partial charge is 0.416 e. The molecule has 0 saturated carbocycles. The summed E-state index contributed by atoms with van der Waals surface area (Å²) in [5.41, 5.74) is -0.990. The summed E-state index contributed by atoms with van der Waals surface area (Å²) in [5, 5.41) is 12.4. The Balaban J connectivity index is 1.40. The van der Waals surface area contributed by atoms with Gasteiger partial charge >= 0.3 is 6.18 Å². The lowest BCUT2D eigenvalue weighted by Crippen LogP contribution is -2.35. The summed E-state index contributed by atoms with van der Waals surface area (Å²) in [4.78, 5) is 32.2. The summed E-state index contributed by atoms with van der Waals surface area (Å²) in [6.07, 6.45) is -3.78. The Labute approximate surface area is 203 Å². The molecule has 0 aliphatic heterocycles. The molecule has 0 aliphatic rings. The molecule has 3 aromatic rings. The Hall–Kier alpha value is -2.88. The van der Waals surface area contributed by atoms with E-state index >= 15 is 0 Å². The maximum Gasteiger partial charge on any atom is 0.416 e. The minimum absolute atomic E-state index is 0.0224. The lowest BCUT2D eigenvalue weighted by molar-refractivity contribution is -0.137. The van der Waals surface area contributed by atoms with E-state index < -0.39 is 29.6 Å². The highest BCUT2D eigenvalue weighted by Gasteiger charge is 2.30. The van der Waals surface area contributed by atoms with E-state index in [1.54, 1.807) is 0 Å². The van der Waals surface area contributed by atoms with Crippen molar-refractivity contribution in [2.75, 3.05) is 19.3 Å². The van der Waals surface area contributed by atoms with Gasteiger partial charge in [-0.05, 0) is 51.5 Å². The maximum absolute atomic E-state index is 13.3. The summed E-state index contributed by atoms with van der Waals surface area (Å²) in [6.45, 7) is -0.466. The summed E-state index contributed by atoms with van der Waals surface area (Å²) >= 11 is 5.57. The van der Waals surface area contributed by atoms with Crippen molar-refractivity contribution < 1.29 is 37.0 Å². The Morgan fingerprint density at radius 2 is 1.94 bits per heavy atom. The molecule has 1 amide bonds. The van der Waals surface area contributed by atoms with Crippen LogP contribution < -0.4 is 10.1 Å². The third kappa shape index (κ3) is 7.81. The van der Waals surface area contributed by atoms with Gasteiger partial charge in [0.25, 0.3) is 5.91 Å². The zero-order valence-corrected chi connectivity index (χ0v) is 19.7. The molecule has 2 aromatic carbocycles. The molecular formula is C22H19ClF4N3O4P. The SMILES string of the molecule is O=C(COc1ccc(Cl)c(F)c1)NC[C@@H](O)CCPC(=O)c1cnc2cc(C(F)(F)F)ccc2n1. The number of fused-ring (bicyclic) bond motifs is 1. The van der Waals surface area contributed by atoms with Gasteiger partial charge in [-0.3, -0.25) is 14.6 Å². The quantitative estimate of drug-likeness (QED) is 0.300. The molecule has 7 nitrogen and oxygen atoms in total. The molecule has 0 saturated heterocycles. The number of rotatable bonds is 10. The first-order valence-corrected chi connectivity index (χ1v) is 11.8. The number of nitrogens with one attached hydrogen (secondary N) is 1. The van der Waals surface area contributed by atoms with E-state index in [0.29, 0.717) is 6.16 Å². The molecule has 35 heavy (non-hydrogen) atoms. The number of halogens is 5. The Morgan fingerprint density at radius 3 is 2.66 bits per heavy atom. The van der Waals surface area contributed by atoms with Crippen LogP contribution in [0.15, 0.2) is 42.6 Å². The molecule has 0 radical (unpaired) electrons. The minimum atomic E-state index is -4.50. The summed E-state index contributed by atoms with van der Waals surface area (Å²) in [6, 6.07) is 6.64. The molecule has 0 spiro atoms. The van der Waals surface area contributed by atoms with Crippen molar-refractivity contribution in [2.24, 2.45) is 0 Å². The van der Waals surface area contributed by atoms with E-state index in [0.717, 1.165) is 30.5 Å². The van der Waals surface area contributed by atoms with E-state index in [4.69, 9.17) is 16.3 Å². The normalized spacial score (nSPS) is 12.7. The van der Waals surface area contributed by atoms with Crippen molar-refractivity contribution in [3.63, 3.8) is 0 Å². The highest BCUT2D eigenvalue weighted by molar-refractivity contribution is 7.58. The van der Waals surface area contributed by atoms with Gasteiger partial charge in [0, 0.05) is 12.6 Å². The van der Waals surface area contributed by atoms with Gasteiger partial charge < -0.3 is 15.2 Å². The van der Waals surface area contributed by atoms with Gasteiger partial charge in [-0.1, -0.05) is 11.6 Å². The first-order chi connectivity index (χ1) is 16.5. The van der Waals surface area contributed by atoms with Crippen LogP contribution in [0.25, 0.3) is 11.0 Å². The molecule has 13 heteroatoms. The molecular weight excluding hydrogens is 513 g/mol. The van der Waals surface area contributed by atoms with Crippen LogP contribution in [0.1, 0.15) is 22.5 Å². The van der Waals surface area contributed by atoms with Crippen LogP contribution in [0, 0.1) is 5.82 Å². The molecule has 186 valence electrons. The molecule has 0 bridgehead atoms. The number of aromatic nitrogens is 2. The maximum atomic E-state index is 13.3.